The highest BCUT2D eigenvalue weighted by Crippen LogP contribution is 2.42. The van der Waals surface area contributed by atoms with Crippen LogP contribution in [0.15, 0.2) is 35.4 Å². The molecule has 0 bridgehead atoms. The number of hydrogen-bond acceptors (Lipinski definition) is 4. The van der Waals surface area contributed by atoms with Crippen molar-refractivity contribution in [3.05, 3.63) is 36.0 Å². The van der Waals surface area contributed by atoms with Crippen molar-refractivity contribution in [3.63, 3.8) is 0 Å². The fraction of sp³-hybridized carbons (Fsp3) is 0.250. The predicted molar refractivity (Wildman–Crippen MR) is 65.9 cm³/mol. The molecule has 0 spiro atoms. The molecule has 1 heterocycles. The van der Waals surface area contributed by atoms with Crippen LogP contribution in [-0.4, -0.2) is 18.3 Å². The third-order valence-corrected chi connectivity index (χ3v) is 3.90. The topological polar surface area (TPSA) is 38.3 Å². The molecule has 1 aliphatic heterocycles. The van der Waals surface area contributed by atoms with E-state index in [9.17, 15) is 18.0 Å². The molecule has 1 atom stereocenters. The van der Waals surface area contributed by atoms with Crippen LogP contribution < -0.4 is 5.32 Å². The molecule has 3 nitrogen and oxygen atoms in total. The van der Waals surface area contributed by atoms with Crippen molar-refractivity contribution in [3.8, 4) is 0 Å². The highest BCUT2D eigenvalue weighted by Gasteiger charge is 2.34. The van der Waals surface area contributed by atoms with Crippen LogP contribution in [0.1, 0.15) is 5.56 Å². The van der Waals surface area contributed by atoms with Gasteiger partial charge in [-0.1, -0.05) is 6.58 Å². The van der Waals surface area contributed by atoms with E-state index in [1.165, 1.54) is 13.2 Å². The molecule has 0 radical (unpaired) electrons. The van der Waals surface area contributed by atoms with Gasteiger partial charge in [-0.2, -0.15) is 13.2 Å². The minimum Gasteiger partial charge on any atom is -0.468 e. The number of esters is 1. The largest absolute Gasteiger partial charge is 0.468 e. The van der Waals surface area contributed by atoms with Gasteiger partial charge in [0.1, 0.15) is 5.25 Å². The molecule has 0 saturated carbocycles. The van der Waals surface area contributed by atoms with Crippen LogP contribution in [0.2, 0.25) is 0 Å². The third kappa shape index (κ3) is 2.70. The summed E-state index contributed by atoms with van der Waals surface area (Å²) >= 11 is 1.11. The lowest BCUT2D eigenvalue weighted by molar-refractivity contribution is -0.139. The molecule has 1 unspecified atom stereocenters. The Morgan fingerprint density at radius 1 is 1.47 bits per heavy atom. The van der Waals surface area contributed by atoms with Gasteiger partial charge in [0.2, 0.25) is 0 Å². The smallest absolute Gasteiger partial charge is 0.416 e. The normalized spacial score (nSPS) is 18.5. The Labute approximate surface area is 111 Å². The number of methoxy groups -OCH3 is 1. The van der Waals surface area contributed by atoms with Crippen molar-refractivity contribution in [2.75, 3.05) is 12.4 Å². The van der Waals surface area contributed by atoms with E-state index < -0.39 is 23.0 Å². The number of anilines is 1. The molecule has 1 N–H and O–H groups in total. The van der Waals surface area contributed by atoms with Crippen LogP contribution in [0.25, 0.3) is 0 Å². The van der Waals surface area contributed by atoms with E-state index in [1.54, 1.807) is 0 Å². The monoisotopic (exact) mass is 289 g/mol. The zero-order valence-electron chi connectivity index (χ0n) is 9.88. The lowest BCUT2D eigenvalue weighted by Crippen LogP contribution is -2.27. The van der Waals surface area contributed by atoms with Gasteiger partial charge in [0.25, 0.3) is 0 Å². The highest BCUT2D eigenvalue weighted by molar-refractivity contribution is 8.01. The first-order valence-electron chi connectivity index (χ1n) is 5.24. The molecule has 0 saturated heterocycles. The van der Waals surface area contributed by atoms with Gasteiger partial charge in [-0.25, -0.2) is 0 Å². The first kappa shape index (κ1) is 13.8. The van der Waals surface area contributed by atoms with Gasteiger partial charge in [0.05, 0.1) is 18.4 Å². The highest BCUT2D eigenvalue weighted by atomic mass is 32.2. The van der Waals surface area contributed by atoms with Crippen LogP contribution in [0.5, 0.6) is 0 Å². The molecule has 1 aliphatic rings. The zero-order valence-corrected chi connectivity index (χ0v) is 10.7. The number of nitrogens with one attached hydrogen (secondary N) is 1. The maximum absolute atomic E-state index is 12.6. The molecule has 2 rings (SSSR count). The van der Waals surface area contributed by atoms with Crippen LogP contribution in [0.4, 0.5) is 18.9 Å². The fourth-order valence-corrected chi connectivity index (χ4v) is 2.67. The Balaban J connectivity index is 2.34. The molecular weight excluding hydrogens is 279 g/mol. The summed E-state index contributed by atoms with van der Waals surface area (Å²) in [4.78, 5) is 12.0. The average molecular weight is 289 g/mol. The summed E-state index contributed by atoms with van der Waals surface area (Å²) in [5.74, 6) is -0.493. The molecule has 102 valence electrons. The van der Waals surface area contributed by atoms with E-state index in [-0.39, 0.29) is 0 Å². The van der Waals surface area contributed by atoms with E-state index in [1.807, 2.05) is 0 Å². The Morgan fingerprint density at radius 2 is 2.16 bits per heavy atom. The first-order valence-corrected chi connectivity index (χ1v) is 6.12. The van der Waals surface area contributed by atoms with Crippen LogP contribution >= 0.6 is 11.8 Å². The van der Waals surface area contributed by atoms with Crippen LogP contribution in [-0.2, 0) is 15.7 Å². The summed E-state index contributed by atoms with van der Waals surface area (Å²) in [5, 5.41) is 2.06. The number of halogens is 3. The summed E-state index contributed by atoms with van der Waals surface area (Å²) in [5.41, 5.74) is -0.141. The molecule has 1 aromatic rings. The lowest BCUT2D eigenvalue weighted by Gasteiger charge is -2.26. The van der Waals surface area contributed by atoms with Gasteiger partial charge in [-0.05, 0) is 18.2 Å². The van der Waals surface area contributed by atoms with Crippen molar-refractivity contribution in [2.24, 2.45) is 0 Å². The molecule has 7 heteroatoms. The molecular formula is C12H10F3NO2S. The Hall–Kier alpha value is -1.63. The average Bonchev–Trinajstić information content (AvgIpc) is 2.35. The number of ether oxygens (including phenoxy) is 1. The van der Waals surface area contributed by atoms with E-state index in [2.05, 4.69) is 16.6 Å². The molecule has 0 fully saturated rings. The summed E-state index contributed by atoms with van der Waals surface area (Å²) in [7, 11) is 1.25. The van der Waals surface area contributed by atoms with Crippen molar-refractivity contribution in [2.45, 2.75) is 16.3 Å². The maximum Gasteiger partial charge on any atom is 0.416 e. The maximum atomic E-state index is 12.6. The zero-order chi connectivity index (χ0) is 14.2. The van der Waals surface area contributed by atoms with E-state index in [0.717, 1.165) is 23.9 Å². The van der Waals surface area contributed by atoms with Crippen LogP contribution in [0.3, 0.4) is 0 Å². The lowest BCUT2D eigenvalue weighted by atomic mass is 10.1. The molecule has 0 aromatic heterocycles. The Bertz CT molecular complexity index is 542. The Kier molecular flexibility index (Phi) is 3.49. The number of thioether (sulfide) groups is 1. The first-order chi connectivity index (χ1) is 8.82. The summed E-state index contributed by atoms with van der Waals surface area (Å²) in [6.07, 6.45) is -4.40. The minimum absolute atomic E-state index is 0.296. The SMILES string of the molecule is C=C1Nc2cc(C(F)(F)F)ccc2SC1C(=O)OC. The number of alkyl halides is 3. The summed E-state index contributed by atoms with van der Waals surface area (Å²) in [6, 6.07) is 3.31. The standard InChI is InChI=1S/C12H10F3NO2S/c1-6-10(11(17)18-2)19-9-4-3-7(12(13,14)15)5-8(9)16-6/h3-5,10,16H,1H2,2H3. The van der Waals surface area contributed by atoms with E-state index >= 15 is 0 Å². The van der Waals surface area contributed by atoms with E-state index in [0.29, 0.717) is 16.3 Å². The molecule has 19 heavy (non-hydrogen) atoms. The molecule has 0 amide bonds. The number of fused-ring (bicyclic) bond motifs is 1. The van der Waals surface area contributed by atoms with E-state index in [4.69, 9.17) is 0 Å². The summed E-state index contributed by atoms with van der Waals surface area (Å²) < 4.78 is 42.4. The number of hydrogen-bond donors (Lipinski definition) is 1. The minimum atomic E-state index is -4.40. The number of benzene rings is 1. The quantitative estimate of drug-likeness (QED) is 0.805. The second-order valence-electron chi connectivity index (χ2n) is 3.88. The van der Waals surface area contributed by atoms with Crippen LogP contribution in [0, 0.1) is 0 Å². The Morgan fingerprint density at radius 3 is 2.74 bits per heavy atom. The van der Waals surface area contributed by atoms with Gasteiger partial charge in [-0.15, -0.1) is 11.8 Å². The third-order valence-electron chi connectivity index (χ3n) is 2.58. The second kappa shape index (κ2) is 4.80. The van der Waals surface area contributed by atoms with Crippen molar-refractivity contribution >= 4 is 23.4 Å². The van der Waals surface area contributed by atoms with Crippen molar-refractivity contribution in [1.29, 1.82) is 0 Å². The van der Waals surface area contributed by atoms with Crippen molar-refractivity contribution < 1.29 is 22.7 Å². The number of rotatable bonds is 1. The number of carbonyl (C=O) groups is 1. The van der Waals surface area contributed by atoms with Gasteiger partial charge >= 0.3 is 12.1 Å². The van der Waals surface area contributed by atoms with Crippen molar-refractivity contribution in [1.82, 2.24) is 0 Å². The van der Waals surface area contributed by atoms with Gasteiger partial charge in [-0.3, -0.25) is 4.79 Å². The fourth-order valence-electron chi connectivity index (χ4n) is 1.64. The molecule has 1 aromatic carbocycles. The van der Waals surface area contributed by atoms with Gasteiger partial charge in [0, 0.05) is 10.6 Å². The van der Waals surface area contributed by atoms with Gasteiger partial charge in [0.15, 0.2) is 0 Å². The number of carbonyl (C=O) groups excluding carboxylic acids is 1. The predicted octanol–water partition coefficient (Wildman–Crippen LogP) is 3.28. The summed E-state index contributed by atoms with van der Waals surface area (Å²) in [6.45, 7) is 3.64. The second-order valence-corrected chi connectivity index (χ2v) is 5.03. The van der Waals surface area contributed by atoms with Gasteiger partial charge < -0.3 is 10.1 Å². The molecule has 0 aliphatic carbocycles.